The highest BCUT2D eigenvalue weighted by Crippen LogP contribution is 2.29. The number of aliphatic hydroxyl groups excluding tert-OH is 1. The second-order valence-corrected chi connectivity index (χ2v) is 3.70. The van der Waals surface area contributed by atoms with Gasteiger partial charge in [0, 0.05) is 12.2 Å². The van der Waals surface area contributed by atoms with Crippen molar-refractivity contribution in [2.75, 3.05) is 0 Å². The number of hydrogen-bond acceptors (Lipinski definition) is 1. The molecule has 0 fully saturated rings. The van der Waals surface area contributed by atoms with Crippen molar-refractivity contribution in [2.24, 2.45) is 0 Å². The van der Waals surface area contributed by atoms with E-state index in [4.69, 9.17) is 0 Å². The molecule has 2 nitrogen and oxygen atoms in total. The number of aromatic nitrogens is 1. The summed E-state index contributed by atoms with van der Waals surface area (Å²) in [4.78, 5) is 0. The maximum atomic E-state index is 9.53. The fourth-order valence-corrected chi connectivity index (χ4v) is 2.09. The first-order chi connectivity index (χ1) is 5.29. The van der Waals surface area contributed by atoms with Crippen molar-refractivity contribution in [1.29, 1.82) is 0 Å². The Morgan fingerprint density at radius 3 is 3.09 bits per heavy atom. The molecule has 1 aromatic rings. The van der Waals surface area contributed by atoms with Gasteiger partial charge in [-0.3, -0.25) is 0 Å². The quantitative estimate of drug-likeness (QED) is 0.705. The number of fused-ring (bicyclic) bond motifs is 1. The molecule has 1 aromatic heterocycles. The molecule has 11 heavy (non-hydrogen) atoms. The van der Waals surface area contributed by atoms with Crippen LogP contribution in [0.3, 0.4) is 0 Å². The molecule has 0 saturated heterocycles. The van der Waals surface area contributed by atoms with Crippen LogP contribution in [-0.4, -0.2) is 9.67 Å². The van der Waals surface area contributed by atoms with E-state index in [1.165, 1.54) is 0 Å². The highest BCUT2D eigenvalue weighted by Gasteiger charge is 2.18. The van der Waals surface area contributed by atoms with Crippen LogP contribution in [0.1, 0.15) is 24.6 Å². The van der Waals surface area contributed by atoms with E-state index >= 15 is 0 Å². The third kappa shape index (κ3) is 1.12. The maximum Gasteiger partial charge on any atom is 0.0940 e. The first-order valence-corrected chi connectivity index (χ1v) is 4.61. The molecule has 3 heteroatoms. The fourth-order valence-electron chi connectivity index (χ4n) is 1.57. The Balaban J connectivity index is 2.46. The Bertz CT molecular complexity index is 269. The molecule has 0 aliphatic carbocycles. The van der Waals surface area contributed by atoms with Gasteiger partial charge in [0.25, 0.3) is 0 Å². The Morgan fingerprint density at radius 1 is 1.55 bits per heavy atom. The Kier molecular flexibility index (Phi) is 1.77. The summed E-state index contributed by atoms with van der Waals surface area (Å²) < 4.78 is 3.19. The number of hydrogen-bond donors (Lipinski definition) is 1. The minimum Gasteiger partial charge on any atom is -0.387 e. The maximum absolute atomic E-state index is 9.53. The third-order valence-corrected chi connectivity index (χ3v) is 2.85. The van der Waals surface area contributed by atoms with Gasteiger partial charge in [-0.15, -0.1) is 0 Å². The van der Waals surface area contributed by atoms with E-state index in [9.17, 15) is 5.11 Å². The van der Waals surface area contributed by atoms with E-state index in [1.807, 2.05) is 12.1 Å². The zero-order valence-corrected chi connectivity index (χ0v) is 7.71. The number of aliphatic hydroxyl groups is 1. The van der Waals surface area contributed by atoms with E-state index in [1.54, 1.807) is 0 Å². The van der Waals surface area contributed by atoms with Crippen LogP contribution in [0.2, 0.25) is 0 Å². The molecule has 0 unspecified atom stereocenters. The third-order valence-electron chi connectivity index (χ3n) is 2.16. The minimum atomic E-state index is -0.255. The lowest BCUT2D eigenvalue weighted by Gasteiger charge is -2.20. The lowest BCUT2D eigenvalue weighted by atomic mass is 10.1. The molecule has 0 saturated carbocycles. The SMILES string of the molecule is O[C@H]1CCCn2c(Br)ccc21. The van der Waals surface area contributed by atoms with Crippen molar-refractivity contribution in [2.45, 2.75) is 25.5 Å². The zero-order chi connectivity index (χ0) is 7.84. The first kappa shape index (κ1) is 7.37. The molecule has 0 amide bonds. The van der Waals surface area contributed by atoms with Crippen LogP contribution in [0.25, 0.3) is 0 Å². The predicted molar refractivity (Wildman–Crippen MR) is 46.3 cm³/mol. The summed E-state index contributed by atoms with van der Waals surface area (Å²) in [5.74, 6) is 0. The van der Waals surface area contributed by atoms with Crippen LogP contribution in [0.15, 0.2) is 16.7 Å². The smallest absolute Gasteiger partial charge is 0.0940 e. The summed E-state index contributed by atoms with van der Waals surface area (Å²) in [6, 6.07) is 3.97. The lowest BCUT2D eigenvalue weighted by molar-refractivity contribution is 0.138. The van der Waals surface area contributed by atoms with E-state index < -0.39 is 0 Å². The van der Waals surface area contributed by atoms with Crippen molar-refractivity contribution in [3.63, 3.8) is 0 Å². The average molecular weight is 216 g/mol. The van der Waals surface area contributed by atoms with Gasteiger partial charge >= 0.3 is 0 Å². The van der Waals surface area contributed by atoms with Gasteiger partial charge in [0.05, 0.1) is 10.7 Å². The van der Waals surface area contributed by atoms with E-state index in [2.05, 4.69) is 20.5 Å². The van der Waals surface area contributed by atoms with E-state index in [0.717, 1.165) is 29.7 Å². The van der Waals surface area contributed by atoms with Gasteiger partial charge in [0.2, 0.25) is 0 Å². The first-order valence-electron chi connectivity index (χ1n) is 3.82. The Hall–Kier alpha value is -0.280. The molecule has 1 atom stereocenters. The number of rotatable bonds is 0. The molecule has 0 radical (unpaired) electrons. The number of nitrogens with zero attached hydrogens (tertiary/aromatic N) is 1. The summed E-state index contributed by atoms with van der Waals surface area (Å²) in [6.07, 6.45) is 1.72. The Morgan fingerprint density at radius 2 is 2.36 bits per heavy atom. The standard InChI is InChI=1S/C8H10BrNO/c9-8-4-3-6-7(11)2-1-5-10(6)8/h3-4,7,11H,1-2,5H2/t7-/m0/s1. The van der Waals surface area contributed by atoms with Crippen molar-refractivity contribution in [1.82, 2.24) is 4.57 Å². The lowest BCUT2D eigenvalue weighted by Crippen LogP contribution is -2.14. The molecule has 2 heterocycles. The Labute approximate surface area is 74.0 Å². The van der Waals surface area contributed by atoms with Gasteiger partial charge in [0.15, 0.2) is 0 Å². The van der Waals surface area contributed by atoms with Gasteiger partial charge in [-0.2, -0.15) is 0 Å². The summed E-state index contributed by atoms with van der Waals surface area (Å²) in [6.45, 7) is 1.03. The molecular weight excluding hydrogens is 206 g/mol. The molecule has 1 N–H and O–H groups in total. The second-order valence-electron chi connectivity index (χ2n) is 2.89. The molecule has 0 spiro atoms. The number of halogens is 1. The predicted octanol–water partition coefficient (Wildman–Crippen LogP) is 2.08. The van der Waals surface area contributed by atoms with Gasteiger partial charge in [-0.05, 0) is 40.9 Å². The van der Waals surface area contributed by atoms with Crippen molar-refractivity contribution in [3.05, 3.63) is 22.4 Å². The molecule has 2 rings (SSSR count). The minimum absolute atomic E-state index is 0.255. The van der Waals surface area contributed by atoms with Crippen LogP contribution < -0.4 is 0 Å². The van der Waals surface area contributed by atoms with E-state index in [-0.39, 0.29) is 6.10 Å². The topological polar surface area (TPSA) is 25.2 Å². The summed E-state index contributed by atoms with van der Waals surface area (Å²) in [5, 5.41) is 9.53. The normalized spacial score (nSPS) is 23.3. The van der Waals surface area contributed by atoms with Gasteiger partial charge in [-0.1, -0.05) is 0 Å². The van der Waals surface area contributed by atoms with Gasteiger partial charge in [0.1, 0.15) is 0 Å². The highest BCUT2D eigenvalue weighted by atomic mass is 79.9. The van der Waals surface area contributed by atoms with Gasteiger partial charge in [-0.25, -0.2) is 0 Å². The highest BCUT2D eigenvalue weighted by molar-refractivity contribution is 9.10. The van der Waals surface area contributed by atoms with Crippen LogP contribution in [0.5, 0.6) is 0 Å². The molecule has 1 aliphatic rings. The van der Waals surface area contributed by atoms with Crippen molar-refractivity contribution >= 4 is 15.9 Å². The zero-order valence-electron chi connectivity index (χ0n) is 6.13. The summed E-state index contributed by atoms with van der Waals surface area (Å²) in [5.41, 5.74) is 1.04. The molecule has 1 aliphatic heterocycles. The van der Waals surface area contributed by atoms with Crippen LogP contribution >= 0.6 is 15.9 Å². The van der Waals surface area contributed by atoms with Crippen molar-refractivity contribution < 1.29 is 5.11 Å². The fraction of sp³-hybridized carbons (Fsp3) is 0.500. The van der Waals surface area contributed by atoms with Gasteiger partial charge < -0.3 is 9.67 Å². The van der Waals surface area contributed by atoms with Crippen LogP contribution in [0.4, 0.5) is 0 Å². The summed E-state index contributed by atoms with van der Waals surface area (Å²) >= 11 is 3.43. The van der Waals surface area contributed by atoms with Crippen LogP contribution in [0, 0.1) is 0 Å². The molecule has 60 valence electrons. The average Bonchev–Trinajstić information content (AvgIpc) is 2.35. The largest absolute Gasteiger partial charge is 0.387 e. The summed E-state index contributed by atoms with van der Waals surface area (Å²) in [7, 11) is 0. The second kappa shape index (κ2) is 2.64. The molecular formula is C8H10BrNO. The van der Waals surface area contributed by atoms with E-state index in [0.29, 0.717) is 0 Å². The molecule has 0 aromatic carbocycles. The monoisotopic (exact) mass is 215 g/mol. The molecule has 0 bridgehead atoms. The van der Waals surface area contributed by atoms with Crippen molar-refractivity contribution in [3.8, 4) is 0 Å². The van der Waals surface area contributed by atoms with Crippen LogP contribution in [-0.2, 0) is 6.54 Å².